The van der Waals surface area contributed by atoms with E-state index < -0.39 is 0 Å². The summed E-state index contributed by atoms with van der Waals surface area (Å²) in [7, 11) is 0. The van der Waals surface area contributed by atoms with Crippen LogP contribution in [-0.2, 0) is 0 Å². The molecule has 0 aromatic heterocycles. The first-order valence-corrected chi connectivity index (χ1v) is 9.38. The van der Waals surface area contributed by atoms with Crippen LogP contribution in [0, 0.1) is 5.41 Å². The molecule has 1 nitrogen and oxygen atoms in total. The molecule has 0 saturated carbocycles. The summed E-state index contributed by atoms with van der Waals surface area (Å²) in [5.41, 5.74) is 1.25. The van der Waals surface area contributed by atoms with Gasteiger partial charge in [0.2, 0.25) is 0 Å². The lowest BCUT2D eigenvalue weighted by Gasteiger charge is -2.40. The lowest BCUT2D eigenvalue weighted by molar-refractivity contribution is 0.502. The van der Waals surface area contributed by atoms with Gasteiger partial charge in [-0.05, 0) is 25.2 Å². The number of rotatable bonds is 4. The normalized spacial score (nSPS) is 34.7. The molecule has 1 fully saturated rings. The first-order valence-electron chi connectivity index (χ1n) is 6.55. The van der Waals surface area contributed by atoms with E-state index in [1.54, 1.807) is 11.8 Å². The van der Waals surface area contributed by atoms with Gasteiger partial charge in [-0.15, -0.1) is 11.8 Å². The van der Waals surface area contributed by atoms with Gasteiger partial charge in [0.05, 0.1) is 13.4 Å². The molecule has 0 spiro atoms. The number of alkyl halides is 1. The SMILES string of the molecule is CCCC1(Br)C(c2ccccc2)C(=N)S[C@@]1(C)SC. The lowest BCUT2D eigenvalue weighted by Crippen LogP contribution is -2.42. The fraction of sp³-hybridized carbons (Fsp3) is 0.533. The van der Waals surface area contributed by atoms with E-state index in [4.69, 9.17) is 5.41 Å². The van der Waals surface area contributed by atoms with E-state index in [0.29, 0.717) is 0 Å². The number of halogens is 1. The van der Waals surface area contributed by atoms with Crippen LogP contribution in [-0.4, -0.2) is 19.7 Å². The molecule has 1 aliphatic rings. The van der Waals surface area contributed by atoms with Crippen molar-refractivity contribution in [3.8, 4) is 0 Å². The molecule has 104 valence electrons. The van der Waals surface area contributed by atoms with Crippen LogP contribution in [0.1, 0.15) is 38.2 Å². The summed E-state index contributed by atoms with van der Waals surface area (Å²) in [4.78, 5) is 0. The van der Waals surface area contributed by atoms with Gasteiger partial charge in [0, 0.05) is 5.92 Å². The predicted octanol–water partition coefficient (Wildman–Crippen LogP) is 5.51. The molecule has 0 radical (unpaired) electrons. The van der Waals surface area contributed by atoms with Gasteiger partial charge < -0.3 is 0 Å². The van der Waals surface area contributed by atoms with Crippen molar-refractivity contribution in [2.75, 3.05) is 6.26 Å². The Bertz CT molecular complexity index is 464. The second-order valence-corrected chi connectivity index (χ2v) is 9.43. The second-order valence-electron chi connectivity index (χ2n) is 5.07. The van der Waals surface area contributed by atoms with Crippen LogP contribution < -0.4 is 0 Å². The number of hydrogen-bond acceptors (Lipinski definition) is 3. The van der Waals surface area contributed by atoms with Crippen molar-refractivity contribution in [2.45, 2.75) is 41.0 Å². The Kier molecular flexibility index (Phi) is 4.74. The number of thioether (sulfide) groups is 2. The molecule has 3 atom stereocenters. The van der Waals surface area contributed by atoms with E-state index in [2.05, 4.69) is 60.3 Å². The Morgan fingerprint density at radius 1 is 1.37 bits per heavy atom. The molecule has 2 rings (SSSR count). The highest BCUT2D eigenvalue weighted by Crippen LogP contribution is 2.64. The minimum absolute atomic E-state index is 0.0145. The third-order valence-corrected chi connectivity index (χ3v) is 9.19. The fourth-order valence-electron chi connectivity index (χ4n) is 2.83. The third kappa shape index (κ3) is 2.52. The van der Waals surface area contributed by atoms with Crippen molar-refractivity contribution >= 4 is 44.5 Å². The van der Waals surface area contributed by atoms with Crippen molar-refractivity contribution in [3.63, 3.8) is 0 Å². The third-order valence-electron chi connectivity index (χ3n) is 3.92. The maximum Gasteiger partial charge on any atom is 0.0801 e. The molecule has 1 aromatic rings. The van der Waals surface area contributed by atoms with Gasteiger partial charge in [0.25, 0.3) is 0 Å². The van der Waals surface area contributed by atoms with Gasteiger partial charge in [0.1, 0.15) is 0 Å². The smallest absolute Gasteiger partial charge is 0.0801 e. The highest BCUT2D eigenvalue weighted by atomic mass is 79.9. The summed E-state index contributed by atoms with van der Waals surface area (Å²) in [5.74, 6) is 0.163. The average Bonchev–Trinajstić information content (AvgIpc) is 2.59. The molecule has 0 amide bonds. The maximum atomic E-state index is 8.46. The molecule has 1 N–H and O–H groups in total. The molecular formula is C15H20BrNS2. The van der Waals surface area contributed by atoms with E-state index in [-0.39, 0.29) is 14.3 Å². The molecule has 1 aliphatic heterocycles. The number of nitrogens with one attached hydrogen (secondary N) is 1. The van der Waals surface area contributed by atoms with Gasteiger partial charge in [0.15, 0.2) is 0 Å². The minimum Gasteiger partial charge on any atom is -0.298 e. The van der Waals surface area contributed by atoms with Crippen molar-refractivity contribution in [3.05, 3.63) is 35.9 Å². The first-order chi connectivity index (χ1) is 8.98. The topological polar surface area (TPSA) is 23.9 Å². The monoisotopic (exact) mass is 357 g/mol. The summed E-state index contributed by atoms with van der Waals surface area (Å²) in [5, 5.41) is 9.24. The molecule has 0 aliphatic carbocycles. The van der Waals surface area contributed by atoms with E-state index in [1.807, 2.05) is 17.8 Å². The summed E-state index contributed by atoms with van der Waals surface area (Å²) < 4.78 is -0.0299. The van der Waals surface area contributed by atoms with Crippen molar-refractivity contribution in [1.29, 1.82) is 5.41 Å². The van der Waals surface area contributed by atoms with Crippen LogP contribution in [0.2, 0.25) is 0 Å². The quantitative estimate of drug-likeness (QED) is 0.718. The summed E-state index contributed by atoms with van der Waals surface area (Å²) in [6.07, 6.45) is 4.36. The van der Waals surface area contributed by atoms with E-state index in [9.17, 15) is 0 Å². The molecular weight excluding hydrogens is 338 g/mol. The molecule has 1 aromatic carbocycles. The lowest BCUT2D eigenvalue weighted by atomic mass is 9.82. The average molecular weight is 358 g/mol. The van der Waals surface area contributed by atoms with Crippen molar-refractivity contribution < 1.29 is 0 Å². The molecule has 1 heterocycles. The summed E-state index contributed by atoms with van der Waals surface area (Å²) in [6.45, 7) is 4.49. The van der Waals surface area contributed by atoms with Crippen LogP contribution in [0.15, 0.2) is 30.3 Å². The van der Waals surface area contributed by atoms with Crippen LogP contribution >= 0.6 is 39.5 Å². The van der Waals surface area contributed by atoms with Crippen molar-refractivity contribution in [1.82, 2.24) is 0 Å². The number of benzene rings is 1. The van der Waals surface area contributed by atoms with Crippen molar-refractivity contribution in [2.24, 2.45) is 0 Å². The van der Waals surface area contributed by atoms with Crippen LogP contribution in [0.5, 0.6) is 0 Å². The molecule has 1 saturated heterocycles. The Morgan fingerprint density at radius 3 is 2.53 bits per heavy atom. The maximum absolute atomic E-state index is 8.46. The number of hydrogen-bond donors (Lipinski definition) is 1. The molecule has 0 bridgehead atoms. The van der Waals surface area contributed by atoms with E-state index >= 15 is 0 Å². The first kappa shape index (κ1) is 15.5. The highest BCUT2D eigenvalue weighted by Gasteiger charge is 2.59. The largest absolute Gasteiger partial charge is 0.298 e. The fourth-order valence-corrected chi connectivity index (χ4v) is 7.03. The predicted molar refractivity (Wildman–Crippen MR) is 93.0 cm³/mol. The standard InChI is InChI=1S/C15H20BrNS2/c1-4-10-15(16)12(11-8-6-5-7-9-11)13(17)19-14(15,2)18-3/h5-9,12,17H,4,10H2,1-3H3/t12?,14-,15?/m1/s1. The Hall–Kier alpha value is 0.0700. The van der Waals surface area contributed by atoms with Crippen LogP contribution in [0.4, 0.5) is 0 Å². The van der Waals surface area contributed by atoms with E-state index in [0.717, 1.165) is 17.9 Å². The minimum atomic E-state index is -0.0444. The van der Waals surface area contributed by atoms with E-state index in [1.165, 1.54) is 5.56 Å². The second kappa shape index (κ2) is 5.82. The van der Waals surface area contributed by atoms with Gasteiger partial charge in [-0.2, -0.15) is 0 Å². The molecule has 2 unspecified atom stereocenters. The summed E-state index contributed by atoms with van der Waals surface area (Å²) >= 11 is 7.63. The van der Waals surface area contributed by atoms with Crippen LogP contribution in [0.3, 0.4) is 0 Å². The summed E-state index contributed by atoms with van der Waals surface area (Å²) in [6, 6.07) is 10.5. The van der Waals surface area contributed by atoms with Gasteiger partial charge >= 0.3 is 0 Å². The zero-order valence-electron chi connectivity index (χ0n) is 11.6. The molecule has 19 heavy (non-hydrogen) atoms. The van der Waals surface area contributed by atoms with Crippen LogP contribution in [0.25, 0.3) is 0 Å². The zero-order chi connectivity index (χ0) is 14.1. The van der Waals surface area contributed by atoms with Gasteiger partial charge in [-0.3, -0.25) is 5.41 Å². The zero-order valence-corrected chi connectivity index (χ0v) is 14.8. The Morgan fingerprint density at radius 2 is 2.00 bits per heavy atom. The Balaban J connectivity index is 2.49. The van der Waals surface area contributed by atoms with Gasteiger partial charge in [-0.25, -0.2) is 0 Å². The molecule has 4 heteroatoms. The highest BCUT2D eigenvalue weighted by molar-refractivity contribution is 9.10. The van der Waals surface area contributed by atoms with Gasteiger partial charge in [-0.1, -0.05) is 71.4 Å². The Labute approximate surface area is 133 Å².